The van der Waals surface area contributed by atoms with Gasteiger partial charge in [0.15, 0.2) is 11.5 Å². The van der Waals surface area contributed by atoms with Crippen LogP contribution < -0.4 is 4.74 Å². The molecule has 2 nitrogen and oxygen atoms in total. The lowest BCUT2D eigenvalue weighted by Gasteiger charge is -2.04. The largest absolute Gasteiger partial charge is 0.503 e. The van der Waals surface area contributed by atoms with Crippen LogP contribution in [0.3, 0.4) is 0 Å². The van der Waals surface area contributed by atoms with Gasteiger partial charge in [-0.2, -0.15) is 0 Å². The van der Waals surface area contributed by atoms with Crippen LogP contribution in [0.2, 0.25) is 5.02 Å². The molecule has 0 heterocycles. The lowest BCUT2D eigenvalue weighted by molar-refractivity contribution is 0.367. The van der Waals surface area contributed by atoms with Gasteiger partial charge in [-0.25, -0.2) is 0 Å². The number of aromatic hydroxyl groups is 1. The quantitative estimate of drug-likeness (QED) is 0.666. The van der Waals surface area contributed by atoms with Crippen molar-refractivity contribution in [3.05, 3.63) is 17.2 Å². The Bertz CT molecular complexity index is 275. The topological polar surface area (TPSA) is 29.5 Å². The van der Waals surface area contributed by atoms with Crippen LogP contribution in [0.15, 0.2) is 17.0 Å². The van der Waals surface area contributed by atoms with E-state index in [-0.39, 0.29) is 5.75 Å². The molecular weight excluding hydrogens is 184 g/mol. The van der Waals surface area contributed by atoms with Crippen LogP contribution in [0, 0.1) is 0 Å². The zero-order valence-corrected chi connectivity index (χ0v) is 7.49. The molecule has 1 aromatic rings. The van der Waals surface area contributed by atoms with Crippen LogP contribution in [0.4, 0.5) is 0 Å². The molecule has 0 amide bonds. The number of phenols is 1. The average molecular weight is 191 g/mol. The molecule has 0 fully saturated rings. The van der Waals surface area contributed by atoms with Gasteiger partial charge < -0.3 is 9.84 Å². The number of halogens is 1. The molecule has 0 aromatic heterocycles. The Morgan fingerprint density at radius 1 is 1.55 bits per heavy atom. The molecule has 0 radical (unpaired) electrons. The normalized spacial score (nSPS) is 9.73. The first kappa shape index (κ1) is 8.56. The van der Waals surface area contributed by atoms with E-state index in [0.717, 1.165) is 0 Å². The molecule has 0 unspecified atom stereocenters. The van der Waals surface area contributed by atoms with E-state index >= 15 is 0 Å². The van der Waals surface area contributed by atoms with E-state index in [2.05, 4.69) is 12.6 Å². The summed E-state index contributed by atoms with van der Waals surface area (Å²) in [6.07, 6.45) is 0. The predicted molar refractivity (Wildman–Crippen MR) is 46.9 cm³/mol. The van der Waals surface area contributed by atoms with Crippen molar-refractivity contribution in [3.8, 4) is 11.5 Å². The lowest BCUT2D eigenvalue weighted by atomic mass is 10.3. The second-order valence-corrected chi connectivity index (χ2v) is 2.89. The Morgan fingerprint density at radius 2 is 2.18 bits per heavy atom. The third-order valence-corrected chi connectivity index (χ3v) is 1.80. The minimum absolute atomic E-state index is 0.0141. The smallest absolute Gasteiger partial charge is 0.171 e. The van der Waals surface area contributed by atoms with E-state index in [9.17, 15) is 5.11 Å². The summed E-state index contributed by atoms with van der Waals surface area (Å²) in [7, 11) is 1.46. The SMILES string of the molecule is COc1cc(Cl)cc(S)c1O. The fourth-order valence-electron chi connectivity index (χ4n) is 0.716. The number of rotatable bonds is 1. The molecule has 1 N–H and O–H groups in total. The Labute approximate surface area is 75.2 Å². The van der Waals surface area contributed by atoms with Crippen molar-refractivity contribution in [3.63, 3.8) is 0 Å². The van der Waals surface area contributed by atoms with E-state index in [4.69, 9.17) is 16.3 Å². The molecule has 0 saturated carbocycles. The molecule has 0 spiro atoms. The van der Waals surface area contributed by atoms with Gasteiger partial charge in [0.2, 0.25) is 0 Å². The van der Waals surface area contributed by atoms with Gasteiger partial charge in [-0.15, -0.1) is 12.6 Å². The maximum Gasteiger partial charge on any atom is 0.171 e. The van der Waals surface area contributed by atoms with Crippen LogP contribution >= 0.6 is 24.2 Å². The second kappa shape index (κ2) is 3.24. The number of benzene rings is 1. The zero-order valence-electron chi connectivity index (χ0n) is 5.84. The van der Waals surface area contributed by atoms with Gasteiger partial charge in [-0.1, -0.05) is 11.6 Å². The molecule has 1 aromatic carbocycles. The summed E-state index contributed by atoms with van der Waals surface area (Å²) in [4.78, 5) is 0.411. The summed E-state index contributed by atoms with van der Waals surface area (Å²) in [6.45, 7) is 0. The van der Waals surface area contributed by atoms with Gasteiger partial charge in [0.25, 0.3) is 0 Å². The number of hydrogen-bond acceptors (Lipinski definition) is 3. The van der Waals surface area contributed by atoms with Gasteiger partial charge in [-0.3, -0.25) is 0 Å². The molecule has 0 aliphatic heterocycles. The summed E-state index contributed by atoms with van der Waals surface area (Å²) in [6, 6.07) is 3.07. The minimum Gasteiger partial charge on any atom is -0.503 e. The Hall–Kier alpha value is -0.540. The summed E-state index contributed by atoms with van der Waals surface area (Å²) in [5.74, 6) is 0.350. The fraction of sp³-hybridized carbons (Fsp3) is 0.143. The highest BCUT2D eigenvalue weighted by Gasteiger charge is 2.05. The van der Waals surface area contributed by atoms with Crippen molar-refractivity contribution in [2.45, 2.75) is 4.90 Å². The summed E-state index contributed by atoms with van der Waals surface area (Å²) < 4.78 is 4.82. The lowest BCUT2D eigenvalue weighted by Crippen LogP contribution is -1.84. The van der Waals surface area contributed by atoms with Crippen molar-refractivity contribution >= 4 is 24.2 Å². The Balaban J connectivity index is 3.24. The Kier molecular flexibility index (Phi) is 2.52. The van der Waals surface area contributed by atoms with E-state index in [1.807, 2.05) is 0 Å². The maximum absolute atomic E-state index is 9.26. The predicted octanol–water partition coefficient (Wildman–Crippen LogP) is 2.34. The van der Waals surface area contributed by atoms with Gasteiger partial charge in [0.05, 0.1) is 12.0 Å². The van der Waals surface area contributed by atoms with Gasteiger partial charge in [-0.05, 0) is 6.07 Å². The second-order valence-electron chi connectivity index (χ2n) is 1.98. The van der Waals surface area contributed by atoms with E-state index in [1.165, 1.54) is 13.2 Å². The molecule has 1 rings (SSSR count). The monoisotopic (exact) mass is 190 g/mol. The summed E-state index contributed by atoms with van der Waals surface area (Å²) in [5, 5.41) is 9.75. The van der Waals surface area contributed by atoms with Crippen molar-refractivity contribution in [2.24, 2.45) is 0 Å². The molecule has 11 heavy (non-hydrogen) atoms. The van der Waals surface area contributed by atoms with Crippen LogP contribution in [0.25, 0.3) is 0 Å². The fourth-order valence-corrected chi connectivity index (χ4v) is 1.25. The highest BCUT2D eigenvalue weighted by Crippen LogP contribution is 2.35. The number of methoxy groups -OCH3 is 1. The standard InChI is InChI=1S/C7H7ClO2S/c1-10-5-2-4(8)3-6(11)7(5)9/h2-3,9,11H,1H3. The summed E-state index contributed by atoms with van der Waals surface area (Å²) >= 11 is 9.64. The van der Waals surface area contributed by atoms with Crippen LogP contribution in [0.5, 0.6) is 11.5 Å². The summed E-state index contributed by atoms with van der Waals surface area (Å²) in [5.41, 5.74) is 0. The molecule has 0 bridgehead atoms. The molecule has 60 valence electrons. The third-order valence-electron chi connectivity index (χ3n) is 1.24. The van der Waals surface area contributed by atoms with Gasteiger partial charge in [0.1, 0.15) is 0 Å². The first-order valence-corrected chi connectivity index (χ1v) is 3.73. The molecule has 0 aliphatic rings. The average Bonchev–Trinajstić information content (AvgIpc) is 1.96. The Morgan fingerprint density at radius 3 is 2.73 bits per heavy atom. The van der Waals surface area contributed by atoms with Crippen molar-refractivity contribution in [2.75, 3.05) is 7.11 Å². The first-order valence-electron chi connectivity index (χ1n) is 2.90. The molecule has 0 aliphatic carbocycles. The third kappa shape index (κ3) is 1.73. The van der Waals surface area contributed by atoms with Crippen LogP contribution in [-0.4, -0.2) is 12.2 Å². The maximum atomic E-state index is 9.26. The minimum atomic E-state index is 0.0141. The van der Waals surface area contributed by atoms with Gasteiger partial charge >= 0.3 is 0 Å². The van der Waals surface area contributed by atoms with E-state index in [1.54, 1.807) is 6.07 Å². The van der Waals surface area contributed by atoms with Crippen molar-refractivity contribution in [1.82, 2.24) is 0 Å². The number of thiol groups is 1. The molecular formula is C7H7ClO2S. The van der Waals surface area contributed by atoms with Crippen LogP contribution in [-0.2, 0) is 0 Å². The number of phenolic OH excluding ortho intramolecular Hbond substituents is 1. The van der Waals surface area contributed by atoms with E-state index < -0.39 is 0 Å². The molecule has 4 heteroatoms. The molecule has 0 atom stereocenters. The first-order chi connectivity index (χ1) is 5.15. The highest BCUT2D eigenvalue weighted by molar-refractivity contribution is 7.80. The van der Waals surface area contributed by atoms with Crippen molar-refractivity contribution in [1.29, 1.82) is 0 Å². The number of ether oxygens (including phenoxy) is 1. The van der Waals surface area contributed by atoms with E-state index in [0.29, 0.717) is 15.7 Å². The number of hydrogen-bond donors (Lipinski definition) is 2. The van der Waals surface area contributed by atoms with Crippen LogP contribution in [0.1, 0.15) is 0 Å². The zero-order chi connectivity index (χ0) is 8.43. The molecule has 0 saturated heterocycles. The van der Waals surface area contributed by atoms with Crippen molar-refractivity contribution < 1.29 is 9.84 Å². The van der Waals surface area contributed by atoms with Gasteiger partial charge in [0, 0.05) is 11.1 Å². The highest BCUT2D eigenvalue weighted by atomic mass is 35.5.